The highest BCUT2D eigenvalue weighted by molar-refractivity contribution is 6.34. The molecule has 0 aromatic heterocycles. The Balaban J connectivity index is 3.01. The lowest BCUT2D eigenvalue weighted by molar-refractivity contribution is -0.117. The van der Waals surface area contributed by atoms with E-state index in [-0.39, 0.29) is 12.6 Å². The third kappa shape index (κ3) is 3.72. The number of carbonyl (C=O) groups is 1. The second kappa shape index (κ2) is 7.39. The summed E-state index contributed by atoms with van der Waals surface area (Å²) in [5, 5.41) is 0.588. The summed E-state index contributed by atoms with van der Waals surface area (Å²) in [6.07, 6.45) is 1.75. The zero-order chi connectivity index (χ0) is 13.5. The zero-order valence-electron chi connectivity index (χ0n) is 11.2. The molecule has 100 valence electrons. The van der Waals surface area contributed by atoms with E-state index in [1.165, 1.54) is 6.92 Å². The van der Waals surface area contributed by atoms with E-state index in [9.17, 15) is 4.79 Å². The van der Waals surface area contributed by atoms with Crippen LogP contribution in [0.15, 0.2) is 18.2 Å². The summed E-state index contributed by atoms with van der Waals surface area (Å²) >= 11 is 6.21. The van der Waals surface area contributed by atoms with Crippen molar-refractivity contribution in [3.05, 3.63) is 28.8 Å². The van der Waals surface area contributed by atoms with Crippen molar-refractivity contribution in [1.82, 2.24) is 0 Å². The lowest BCUT2D eigenvalue weighted by Crippen LogP contribution is -2.32. The van der Waals surface area contributed by atoms with Gasteiger partial charge in [-0.25, -0.2) is 0 Å². The Bertz CT molecular complexity index is 407. The molecule has 1 amide bonds. The Morgan fingerprint density at radius 1 is 1.39 bits per heavy atom. The predicted molar refractivity (Wildman–Crippen MR) is 75.1 cm³/mol. The first-order chi connectivity index (χ1) is 8.61. The van der Waals surface area contributed by atoms with Crippen LogP contribution in [0.3, 0.4) is 0 Å². The highest BCUT2D eigenvalue weighted by Crippen LogP contribution is 2.30. The number of hydrogen-bond acceptors (Lipinski definition) is 2. The average molecular weight is 270 g/mol. The van der Waals surface area contributed by atoms with Crippen LogP contribution in [-0.4, -0.2) is 19.2 Å². The minimum absolute atomic E-state index is 0.0612. The fourth-order valence-electron chi connectivity index (χ4n) is 1.76. The Morgan fingerprint density at radius 3 is 2.67 bits per heavy atom. The molecule has 0 spiro atoms. The smallest absolute Gasteiger partial charge is 0.225 e. The fourth-order valence-corrected chi connectivity index (χ4v) is 2.06. The first kappa shape index (κ1) is 15.0. The van der Waals surface area contributed by atoms with Gasteiger partial charge < -0.3 is 4.74 Å². The summed E-state index contributed by atoms with van der Waals surface area (Å²) in [5.41, 5.74) is 1.82. The fraction of sp³-hybridized carbons (Fsp3) is 0.500. The van der Waals surface area contributed by atoms with Gasteiger partial charge in [-0.2, -0.15) is 0 Å². The van der Waals surface area contributed by atoms with Gasteiger partial charge in [0.15, 0.2) is 0 Å². The molecule has 0 atom stereocenters. The van der Waals surface area contributed by atoms with Crippen LogP contribution in [-0.2, 0) is 16.0 Å². The van der Waals surface area contributed by atoms with Gasteiger partial charge in [0.2, 0.25) is 5.91 Å². The molecule has 18 heavy (non-hydrogen) atoms. The van der Waals surface area contributed by atoms with Crippen LogP contribution in [0.25, 0.3) is 0 Å². The molecule has 0 bridgehead atoms. The molecule has 0 N–H and O–H groups in total. The molecule has 1 aromatic carbocycles. The van der Waals surface area contributed by atoms with Crippen LogP contribution in [0.2, 0.25) is 5.02 Å². The first-order valence-electron chi connectivity index (χ1n) is 6.25. The molecule has 0 aliphatic carbocycles. The van der Waals surface area contributed by atoms with Crippen molar-refractivity contribution >= 4 is 23.2 Å². The number of amides is 1. The number of aryl methyl sites for hydroxylation is 1. The molecule has 0 aliphatic heterocycles. The quantitative estimate of drug-likeness (QED) is 0.583. The number of para-hydroxylation sites is 1. The molecule has 0 saturated carbocycles. The van der Waals surface area contributed by atoms with Gasteiger partial charge in [0, 0.05) is 13.5 Å². The minimum atomic E-state index is -0.0612. The summed E-state index contributed by atoms with van der Waals surface area (Å²) in [6.45, 7) is 6.49. The summed E-state index contributed by atoms with van der Waals surface area (Å²) in [4.78, 5) is 13.3. The Hall–Kier alpha value is -1.06. The Morgan fingerprint density at radius 2 is 2.11 bits per heavy atom. The van der Waals surface area contributed by atoms with Crippen LogP contribution >= 0.6 is 11.6 Å². The lowest BCUT2D eigenvalue weighted by Gasteiger charge is -2.24. The number of nitrogens with zero attached hydrogens (tertiary/aromatic N) is 1. The van der Waals surface area contributed by atoms with E-state index in [0.717, 1.165) is 24.1 Å². The van der Waals surface area contributed by atoms with E-state index in [4.69, 9.17) is 16.3 Å². The SMILES string of the molecule is CCCOCN(C(C)=O)c1c(Cl)cccc1CC. The highest BCUT2D eigenvalue weighted by atomic mass is 35.5. The molecule has 0 unspecified atom stereocenters. The molecule has 0 saturated heterocycles. The van der Waals surface area contributed by atoms with E-state index >= 15 is 0 Å². The third-order valence-electron chi connectivity index (χ3n) is 2.67. The standard InChI is InChI=1S/C14H20ClNO2/c1-4-9-18-10-16(11(3)17)14-12(5-2)7-6-8-13(14)15/h6-8H,4-5,9-10H2,1-3H3. The van der Waals surface area contributed by atoms with Crippen molar-refractivity contribution in [3.63, 3.8) is 0 Å². The van der Waals surface area contributed by atoms with Crippen LogP contribution in [0.1, 0.15) is 32.8 Å². The van der Waals surface area contributed by atoms with E-state index < -0.39 is 0 Å². The maximum atomic E-state index is 11.7. The Kier molecular flexibility index (Phi) is 6.16. The number of carbonyl (C=O) groups excluding carboxylic acids is 1. The summed E-state index contributed by atoms with van der Waals surface area (Å²) in [5.74, 6) is -0.0612. The molecule has 4 heteroatoms. The Labute approximate surface area is 114 Å². The van der Waals surface area contributed by atoms with Crippen molar-refractivity contribution in [1.29, 1.82) is 0 Å². The maximum absolute atomic E-state index is 11.7. The molecule has 1 aromatic rings. The molecule has 0 heterocycles. The normalized spacial score (nSPS) is 10.4. The van der Waals surface area contributed by atoms with Crippen molar-refractivity contribution in [3.8, 4) is 0 Å². The van der Waals surface area contributed by atoms with Gasteiger partial charge >= 0.3 is 0 Å². The van der Waals surface area contributed by atoms with Crippen molar-refractivity contribution in [2.45, 2.75) is 33.6 Å². The summed E-state index contributed by atoms with van der Waals surface area (Å²) in [6, 6.07) is 5.68. The molecular weight excluding hydrogens is 250 g/mol. The zero-order valence-corrected chi connectivity index (χ0v) is 12.0. The van der Waals surface area contributed by atoms with E-state index in [2.05, 4.69) is 0 Å². The van der Waals surface area contributed by atoms with Gasteiger partial charge in [-0.15, -0.1) is 0 Å². The van der Waals surface area contributed by atoms with Gasteiger partial charge in [0.05, 0.1) is 10.7 Å². The van der Waals surface area contributed by atoms with Crippen molar-refractivity contribution in [2.75, 3.05) is 18.2 Å². The van der Waals surface area contributed by atoms with Gasteiger partial charge in [-0.3, -0.25) is 9.69 Å². The molecule has 0 fully saturated rings. The number of hydrogen-bond donors (Lipinski definition) is 0. The average Bonchev–Trinajstić information content (AvgIpc) is 2.35. The molecule has 1 rings (SSSR count). The topological polar surface area (TPSA) is 29.5 Å². The predicted octanol–water partition coefficient (Wildman–Crippen LogP) is 3.64. The first-order valence-corrected chi connectivity index (χ1v) is 6.62. The number of ether oxygens (including phenoxy) is 1. The number of rotatable bonds is 6. The van der Waals surface area contributed by atoms with Gasteiger partial charge in [-0.1, -0.05) is 37.6 Å². The molecule has 3 nitrogen and oxygen atoms in total. The maximum Gasteiger partial charge on any atom is 0.225 e. The number of anilines is 1. The second-order valence-corrected chi connectivity index (χ2v) is 4.49. The van der Waals surface area contributed by atoms with E-state index in [1.54, 1.807) is 11.0 Å². The van der Waals surface area contributed by atoms with Crippen LogP contribution in [0.4, 0.5) is 5.69 Å². The van der Waals surface area contributed by atoms with E-state index in [0.29, 0.717) is 11.6 Å². The molecule has 0 aliphatic rings. The van der Waals surface area contributed by atoms with Crippen molar-refractivity contribution < 1.29 is 9.53 Å². The van der Waals surface area contributed by atoms with Gasteiger partial charge in [0.25, 0.3) is 0 Å². The number of benzene rings is 1. The number of halogens is 1. The van der Waals surface area contributed by atoms with Gasteiger partial charge in [0.1, 0.15) is 6.73 Å². The molecule has 0 radical (unpaired) electrons. The monoisotopic (exact) mass is 269 g/mol. The second-order valence-electron chi connectivity index (χ2n) is 4.09. The minimum Gasteiger partial charge on any atom is -0.361 e. The summed E-state index contributed by atoms with van der Waals surface area (Å²) in [7, 11) is 0. The molecular formula is C14H20ClNO2. The van der Waals surface area contributed by atoms with Crippen molar-refractivity contribution in [2.24, 2.45) is 0 Å². The third-order valence-corrected chi connectivity index (χ3v) is 2.98. The van der Waals surface area contributed by atoms with Crippen LogP contribution < -0.4 is 4.90 Å². The van der Waals surface area contributed by atoms with Gasteiger partial charge in [-0.05, 0) is 24.5 Å². The van der Waals surface area contributed by atoms with Crippen LogP contribution in [0.5, 0.6) is 0 Å². The highest BCUT2D eigenvalue weighted by Gasteiger charge is 2.17. The summed E-state index contributed by atoms with van der Waals surface area (Å²) < 4.78 is 5.46. The van der Waals surface area contributed by atoms with E-state index in [1.807, 2.05) is 26.0 Å². The van der Waals surface area contributed by atoms with Crippen LogP contribution in [0, 0.1) is 0 Å². The largest absolute Gasteiger partial charge is 0.361 e. The lowest BCUT2D eigenvalue weighted by atomic mass is 10.1.